The van der Waals surface area contributed by atoms with Crippen LogP contribution < -0.4 is 16.0 Å². The van der Waals surface area contributed by atoms with E-state index in [1.807, 2.05) is 13.8 Å². The maximum absolute atomic E-state index is 14.3. The molecule has 0 N–H and O–H groups in total. The minimum Gasteiger partial charge on any atom is -0.477 e. The molecule has 6 rings (SSSR count). The van der Waals surface area contributed by atoms with Crippen LogP contribution in [0.3, 0.4) is 0 Å². The molecule has 2 fully saturated rings. The number of ether oxygens (including phenoxy) is 3. The summed E-state index contributed by atoms with van der Waals surface area (Å²) >= 11 is 0. The van der Waals surface area contributed by atoms with Crippen molar-refractivity contribution in [3.63, 3.8) is 0 Å². The second-order valence-corrected chi connectivity index (χ2v) is 12.4. The lowest BCUT2D eigenvalue weighted by molar-refractivity contribution is -0.163. The number of alkyl halides is 1. The number of fused-ring (bicyclic) bond motifs is 1. The van der Waals surface area contributed by atoms with Gasteiger partial charge >= 0.3 is 5.69 Å². The maximum Gasteiger partial charge on any atom is 0.332 e. The first kappa shape index (κ1) is 31.1. The monoisotopic (exact) mass is 623 g/mol. The van der Waals surface area contributed by atoms with Gasteiger partial charge in [0, 0.05) is 37.9 Å². The van der Waals surface area contributed by atoms with Crippen LogP contribution in [0.25, 0.3) is 22.6 Å². The van der Waals surface area contributed by atoms with Crippen LogP contribution in [-0.4, -0.2) is 55.4 Å². The highest BCUT2D eigenvalue weighted by molar-refractivity contribution is 5.78. The normalized spacial score (nSPS) is 21.5. The fourth-order valence-electron chi connectivity index (χ4n) is 5.84. The molecule has 0 bridgehead atoms. The Balaban J connectivity index is 1.43. The Labute approximate surface area is 259 Å². The van der Waals surface area contributed by atoms with Crippen molar-refractivity contribution in [2.45, 2.75) is 84.0 Å². The van der Waals surface area contributed by atoms with E-state index in [-0.39, 0.29) is 60.8 Å². The van der Waals surface area contributed by atoms with Gasteiger partial charge in [-0.2, -0.15) is 0 Å². The molecular formula is C33H39F2N5O5. The number of pyridine rings is 1. The van der Waals surface area contributed by atoms with E-state index in [0.29, 0.717) is 37.4 Å². The molecule has 3 unspecified atom stereocenters. The van der Waals surface area contributed by atoms with Gasteiger partial charge in [0.1, 0.15) is 17.3 Å². The van der Waals surface area contributed by atoms with E-state index in [1.165, 1.54) is 21.3 Å². The average molecular weight is 624 g/mol. The molecule has 240 valence electrons. The molecule has 2 aliphatic rings. The van der Waals surface area contributed by atoms with Gasteiger partial charge in [0.15, 0.2) is 17.5 Å². The lowest BCUT2D eigenvalue weighted by Gasteiger charge is -2.22. The number of imidazole rings is 1. The summed E-state index contributed by atoms with van der Waals surface area (Å²) in [7, 11) is 0. The van der Waals surface area contributed by atoms with Crippen LogP contribution in [0.2, 0.25) is 0 Å². The van der Waals surface area contributed by atoms with Crippen LogP contribution in [0, 0.1) is 11.7 Å². The van der Waals surface area contributed by atoms with E-state index in [0.717, 1.165) is 24.8 Å². The Morgan fingerprint density at radius 3 is 2.60 bits per heavy atom. The largest absolute Gasteiger partial charge is 0.477 e. The van der Waals surface area contributed by atoms with Crippen molar-refractivity contribution >= 4 is 11.2 Å². The van der Waals surface area contributed by atoms with Gasteiger partial charge in [-0.05, 0) is 82.7 Å². The third-order valence-corrected chi connectivity index (χ3v) is 8.57. The molecule has 1 aliphatic carbocycles. The summed E-state index contributed by atoms with van der Waals surface area (Å²) in [6.45, 7) is 6.74. The van der Waals surface area contributed by atoms with Gasteiger partial charge in [-0.3, -0.25) is 13.9 Å². The lowest BCUT2D eigenvalue weighted by Crippen LogP contribution is -2.41. The Morgan fingerprint density at radius 1 is 1.13 bits per heavy atom. The van der Waals surface area contributed by atoms with Crippen LogP contribution in [0.1, 0.15) is 64.5 Å². The van der Waals surface area contributed by atoms with Gasteiger partial charge in [-0.1, -0.05) is 12.1 Å². The van der Waals surface area contributed by atoms with Gasteiger partial charge in [0.25, 0.3) is 5.56 Å². The number of aromatic nitrogens is 5. The molecule has 1 aromatic carbocycles. The molecular weight excluding hydrogens is 584 g/mol. The third kappa shape index (κ3) is 6.57. The van der Waals surface area contributed by atoms with Crippen molar-refractivity contribution in [3.8, 4) is 17.3 Å². The highest BCUT2D eigenvalue weighted by Crippen LogP contribution is 2.47. The standard InChI is InChI=1S/C33H39F2N5O5/c1-21(2)40-29-27(31(41)38(32(40)42)15-7-17-44-26-9-4-5-16-43-26)39(19-22-10-12-24(34)13-11-22)28(37-29)25-8-6-14-36-30(25)45-20-23-18-33(23,3)35/h6,8,10-14,21,23,26H,4-5,7,9,15-20H2,1-3H3. The zero-order valence-electron chi connectivity index (χ0n) is 25.9. The Kier molecular flexibility index (Phi) is 8.87. The van der Waals surface area contributed by atoms with Gasteiger partial charge in [0.05, 0.1) is 18.8 Å². The number of hydrogen-bond acceptors (Lipinski definition) is 7. The van der Waals surface area contributed by atoms with E-state index in [9.17, 15) is 18.4 Å². The number of rotatable bonds is 12. The molecule has 1 saturated carbocycles. The van der Waals surface area contributed by atoms with Gasteiger partial charge in [0.2, 0.25) is 5.88 Å². The molecule has 3 atom stereocenters. The van der Waals surface area contributed by atoms with Crippen molar-refractivity contribution in [1.82, 2.24) is 23.7 Å². The van der Waals surface area contributed by atoms with Crippen molar-refractivity contribution in [2.75, 3.05) is 19.8 Å². The molecule has 10 nitrogen and oxygen atoms in total. The van der Waals surface area contributed by atoms with Crippen LogP contribution in [0.5, 0.6) is 5.88 Å². The van der Waals surface area contributed by atoms with Crippen molar-refractivity contribution < 1.29 is 23.0 Å². The number of hydrogen-bond donors (Lipinski definition) is 0. The van der Waals surface area contributed by atoms with Crippen molar-refractivity contribution in [2.24, 2.45) is 5.92 Å². The van der Waals surface area contributed by atoms with Crippen LogP contribution in [0.4, 0.5) is 8.78 Å². The smallest absolute Gasteiger partial charge is 0.332 e. The van der Waals surface area contributed by atoms with Crippen LogP contribution in [-0.2, 0) is 22.6 Å². The van der Waals surface area contributed by atoms with Gasteiger partial charge in [-0.15, -0.1) is 0 Å². The molecule has 4 heterocycles. The highest BCUT2D eigenvalue weighted by atomic mass is 19.1. The molecule has 0 radical (unpaired) electrons. The lowest BCUT2D eigenvalue weighted by atomic mass is 10.2. The van der Waals surface area contributed by atoms with E-state index >= 15 is 0 Å². The Bertz CT molecular complexity index is 1770. The summed E-state index contributed by atoms with van der Waals surface area (Å²) in [6, 6.07) is 9.17. The second kappa shape index (κ2) is 12.8. The van der Waals surface area contributed by atoms with Gasteiger partial charge < -0.3 is 18.8 Å². The first-order chi connectivity index (χ1) is 21.6. The average Bonchev–Trinajstić information content (AvgIpc) is 3.48. The quantitative estimate of drug-likeness (QED) is 0.199. The first-order valence-electron chi connectivity index (χ1n) is 15.6. The fourth-order valence-corrected chi connectivity index (χ4v) is 5.84. The van der Waals surface area contributed by atoms with Crippen LogP contribution in [0.15, 0.2) is 52.2 Å². The molecule has 0 amide bonds. The summed E-state index contributed by atoms with van der Waals surface area (Å²) in [6.07, 6.45) is 5.04. The number of nitrogens with zero attached hydrogens (tertiary/aromatic N) is 5. The minimum atomic E-state index is -1.27. The molecule has 0 spiro atoms. The van der Waals surface area contributed by atoms with E-state index < -0.39 is 16.9 Å². The summed E-state index contributed by atoms with van der Waals surface area (Å²) in [5.41, 5.74) is -0.541. The van der Waals surface area contributed by atoms with Gasteiger partial charge in [-0.25, -0.2) is 23.5 Å². The molecule has 45 heavy (non-hydrogen) atoms. The number of halogens is 2. The Hall–Kier alpha value is -3.90. The zero-order chi connectivity index (χ0) is 31.7. The third-order valence-electron chi connectivity index (χ3n) is 8.57. The first-order valence-corrected chi connectivity index (χ1v) is 15.6. The summed E-state index contributed by atoms with van der Waals surface area (Å²) in [5.74, 6) is -0.0130. The summed E-state index contributed by atoms with van der Waals surface area (Å²) < 4.78 is 50.1. The second-order valence-electron chi connectivity index (χ2n) is 12.4. The predicted molar refractivity (Wildman–Crippen MR) is 165 cm³/mol. The highest BCUT2D eigenvalue weighted by Gasteiger charge is 2.51. The summed E-state index contributed by atoms with van der Waals surface area (Å²) in [5, 5.41) is 0. The van der Waals surface area contributed by atoms with Crippen molar-refractivity contribution in [1.29, 1.82) is 0 Å². The van der Waals surface area contributed by atoms with E-state index in [2.05, 4.69) is 4.98 Å². The topological polar surface area (TPSA) is 102 Å². The van der Waals surface area contributed by atoms with E-state index in [4.69, 9.17) is 19.2 Å². The molecule has 12 heteroatoms. The fraction of sp³-hybridized carbons (Fsp3) is 0.515. The predicted octanol–water partition coefficient (Wildman–Crippen LogP) is 5.25. The molecule has 3 aromatic heterocycles. The minimum absolute atomic E-state index is 0.146. The van der Waals surface area contributed by atoms with Crippen LogP contribution >= 0.6 is 0 Å². The molecule has 1 aliphatic heterocycles. The molecule has 4 aromatic rings. The zero-order valence-corrected chi connectivity index (χ0v) is 25.9. The van der Waals surface area contributed by atoms with E-state index in [1.54, 1.807) is 42.0 Å². The maximum atomic E-state index is 14.3. The summed E-state index contributed by atoms with van der Waals surface area (Å²) in [4.78, 5) is 37.3. The SMILES string of the molecule is CC(C)n1c(=O)n(CCCOC2CCCCO2)c(=O)c2c1nc(-c1cccnc1OCC1CC1(C)F)n2Cc1ccc(F)cc1. The Morgan fingerprint density at radius 2 is 1.91 bits per heavy atom. The van der Waals surface area contributed by atoms with Crippen molar-refractivity contribution in [3.05, 3.63) is 74.8 Å². The number of benzene rings is 1. The molecule has 1 saturated heterocycles.